The third kappa shape index (κ3) is 9.41. The van der Waals surface area contributed by atoms with Gasteiger partial charge in [-0.05, 0) is 6.42 Å². The molecule has 10 atom stereocenters. The maximum atomic E-state index is 10.7. The topological polar surface area (TPSA) is 169 Å². The molecule has 10 nitrogen and oxygen atoms in total. The summed E-state index contributed by atoms with van der Waals surface area (Å²) in [5.41, 5.74) is 0. The Labute approximate surface area is 215 Å². The van der Waals surface area contributed by atoms with Crippen molar-refractivity contribution in [2.45, 2.75) is 152 Å². The molecule has 0 aromatic rings. The van der Waals surface area contributed by atoms with Gasteiger partial charge in [0.1, 0.15) is 48.8 Å². The fraction of sp³-hybridized carbons (Fsp3) is 1.00. The number of rotatable bonds is 17. The minimum absolute atomic E-state index is 0.499. The van der Waals surface area contributed by atoms with E-state index in [0.717, 1.165) is 19.3 Å². The highest BCUT2D eigenvalue weighted by molar-refractivity contribution is 4.95. The normalized spacial score (nSPS) is 37.3. The van der Waals surface area contributed by atoms with Gasteiger partial charge < -0.3 is 50.0 Å². The summed E-state index contributed by atoms with van der Waals surface area (Å²) in [6, 6.07) is 0. The van der Waals surface area contributed by atoms with Crippen molar-refractivity contribution in [1.82, 2.24) is 0 Å². The van der Waals surface area contributed by atoms with Crippen LogP contribution in [0.25, 0.3) is 0 Å². The van der Waals surface area contributed by atoms with Crippen LogP contribution in [0.5, 0.6) is 0 Å². The van der Waals surface area contributed by atoms with E-state index in [0.29, 0.717) is 6.42 Å². The standard InChI is InChI=1S/C26H50O10/c1-2-3-4-5-6-7-8-9-10-11-12-13-14-17-20(29)23(32)25(19(16-28)34-17)36-26-24(33)22(31)21(30)18(15-27)35-26/h17-33H,2-16H2,1H3/t17-,18+,19+,20-,21+,22-,23+,24+,25+,26+/m0/s1. The van der Waals surface area contributed by atoms with E-state index < -0.39 is 74.4 Å². The Morgan fingerprint density at radius 2 is 1.03 bits per heavy atom. The zero-order chi connectivity index (χ0) is 26.5. The van der Waals surface area contributed by atoms with Gasteiger partial charge in [-0.25, -0.2) is 0 Å². The van der Waals surface area contributed by atoms with Crippen LogP contribution in [0.15, 0.2) is 0 Å². The monoisotopic (exact) mass is 522 g/mol. The molecule has 0 unspecified atom stereocenters. The zero-order valence-corrected chi connectivity index (χ0v) is 21.7. The molecule has 2 rings (SSSR count). The summed E-state index contributed by atoms with van der Waals surface area (Å²) in [6.07, 6.45) is 1.94. The summed E-state index contributed by atoms with van der Waals surface area (Å²) < 4.78 is 16.7. The van der Waals surface area contributed by atoms with Gasteiger partial charge in [-0.3, -0.25) is 0 Å². The predicted molar refractivity (Wildman–Crippen MR) is 132 cm³/mol. The number of ether oxygens (including phenoxy) is 3. The molecule has 0 aromatic heterocycles. The molecule has 0 bridgehead atoms. The molecule has 0 amide bonds. The smallest absolute Gasteiger partial charge is 0.187 e. The minimum atomic E-state index is -1.66. The van der Waals surface area contributed by atoms with Gasteiger partial charge in [0, 0.05) is 0 Å². The number of aliphatic hydroxyl groups excluding tert-OH is 7. The van der Waals surface area contributed by atoms with Gasteiger partial charge in [0.15, 0.2) is 6.29 Å². The molecule has 2 saturated heterocycles. The average molecular weight is 523 g/mol. The van der Waals surface area contributed by atoms with Gasteiger partial charge in [-0.2, -0.15) is 0 Å². The maximum Gasteiger partial charge on any atom is 0.187 e. The summed E-state index contributed by atoms with van der Waals surface area (Å²) in [6.45, 7) is 1.11. The first-order chi connectivity index (χ1) is 17.3. The zero-order valence-electron chi connectivity index (χ0n) is 21.7. The Balaban J connectivity index is 1.71. The summed E-state index contributed by atoms with van der Waals surface area (Å²) >= 11 is 0. The number of unbranched alkanes of at least 4 members (excludes halogenated alkanes) is 11. The molecular weight excluding hydrogens is 472 g/mol. The fourth-order valence-corrected chi connectivity index (χ4v) is 5.09. The van der Waals surface area contributed by atoms with Gasteiger partial charge in [-0.1, -0.05) is 84.0 Å². The fourth-order valence-electron chi connectivity index (χ4n) is 5.09. The quantitative estimate of drug-likeness (QED) is 0.135. The molecule has 0 radical (unpaired) electrons. The maximum absolute atomic E-state index is 10.7. The first-order valence-corrected chi connectivity index (χ1v) is 13.9. The number of hydrogen-bond donors (Lipinski definition) is 7. The minimum Gasteiger partial charge on any atom is -0.394 e. The number of hydrogen-bond acceptors (Lipinski definition) is 10. The lowest BCUT2D eigenvalue weighted by molar-refractivity contribution is -0.342. The summed E-state index contributed by atoms with van der Waals surface area (Å²) in [4.78, 5) is 0. The van der Waals surface area contributed by atoms with E-state index >= 15 is 0 Å². The molecule has 10 heteroatoms. The van der Waals surface area contributed by atoms with Gasteiger partial charge in [0.25, 0.3) is 0 Å². The van der Waals surface area contributed by atoms with Crippen molar-refractivity contribution in [3.63, 3.8) is 0 Å². The molecule has 0 saturated carbocycles. The van der Waals surface area contributed by atoms with Crippen LogP contribution in [-0.4, -0.2) is 110 Å². The lowest BCUT2D eigenvalue weighted by atomic mass is 9.91. The summed E-state index contributed by atoms with van der Waals surface area (Å²) in [5, 5.41) is 70.5. The lowest BCUT2D eigenvalue weighted by Crippen LogP contribution is -2.64. The van der Waals surface area contributed by atoms with Crippen LogP contribution in [0.3, 0.4) is 0 Å². The largest absolute Gasteiger partial charge is 0.394 e. The van der Waals surface area contributed by atoms with Crippen molar-refractivity contribution in [3.05, 3.63) is 0 Å². The van der Waals surface area contributed by atoms with E-state index in [1.165, 1.54) is 57.8 Å². The molecule has 7 N–H and O–H groups in total. The van der Waals surface area contributed by atoms with Crippen LogP contribution in [0.1, 0.15) is 90.4 Å². The van der Waals surface area contributed by atoms with Crippen molar-refractivity contribution in [1.29, 1.82) is 0 Å². The Kier molecular flexibility index (Phi) is 15.2. The van der Waals surface area contributed by atoms with E-state index in [1.807, 2.05) is 0 Å². The molecule has 0 aromatic carbocycles. The second-order valence-corrected chi connectivity index (χ2v) is 10.4. The molecule has 2 aliphatic heterocycles. The van der Waals surface area contributed by atoms with Crippen LogP contribution in [0.4, 0.5) is 0 Å². The van der Waals surface area contributed by atoms with Crippen LogP contribution >= 0.6 is 0 Å². The van der Waals surface area contributed by atoms with Crippen LogP contribution in [-0.2, 0) is 14.2 Å². The van der Waals surface area contributed by atoms with Gasteiger partial charge in [0.05, 0.1) is 19.3 Å². The van der Waals surface area contributed by atoms with Gasteiger partial charge >= 0.3 is 0 Å². The third-order valence-electron chi connectivity index (χ3n) is 7.45. The molecule has 0 spiro atoms. The van der Waals surface area contributed by atoms with Crippen molar-refractivity contribution in [2.24, 2.45) is 0 Å². The Bertz CT molecular complexity index is 563. The van der Waals surface area contributed by atoms with Crippen LogP contribution < -0.4 is 0 Å². The second kappa shape index (κ2) is 17.2. The van der Waals surface area contributed by atoms with E-state index in [9.17, 15) is 35.7 Å². The summed E-state index contributed by atoms with van der Waals surface area (Å²) in [5.74, 6) is 0. The molecule has 214 valence electrons. The lowest BCUT2D eigenvalue weighted by Gasteiger charge is -2.46. The van der Waals surface area contributed by atoms with Crippen molar-refractivity contribution < 1.29 is 50.0 Å². The van der Waals surface area contributed by atoms with E-state index in [4.69, 9.17) is 14.2 Å². The van der Waals surface area contributed by atoms with Crippen molar-refractivity contribution in [3.8, 4) is 0 Å². The predicted octanol–water partition coefficient (Wildman–Crippen LogP) is 0.744. The van der Waals surface area contributed by atoms with Crippen LogP contribution in [0, 0.1) is 0 Å². The highest BCUT2D eigenvalue weighted by atomic mass is 16.7. The van der Waals surface area contributed by atoms with Crippen molar-refractivity contribution in [2.75, 3.05) is 13.2 Å². The van der Waals surface area contributed by atoms with E-state index in [2.05, 4.69) is 6.92 Å². The first kappa shape index (κ1) is 31.8. The second-order valence-electron chi connectivity index (χ2n) is 10.4. The van der Waals surface area contributed by atoms with Crippen molar-refractivity contribution >= 4 is 0 Å². The molecule has 36 heavy (non-hydrogen) atoms. The SMILES string of the molecule is CCCCCCCCCCCCCC[C@@H]1O[C@H](CO)[C@@H](O[C@H]2O[C@H](CO)[C@@H](O)[C@H](O)[C@H]2O)[C@H](O)[C@H]1O. The van der Waals surface area contributed by atoms with Crippen LogP contribution in [0.2, 0.25) is 0 Å². The summed E-state index contributed by atoms with van der Waals surface area (Å²) in [7, 11) is 0. The third-order valence-corrected chi connectivity index (χ3v) is 7.45. The molecular formula is C26H50O10. The molecule has 0 aliphatic carbocycles. The Hall–Kier alpha value is -0.400. The molecule has 2 heterocycles. The number of aliphatic hydroxyl groups is 7. The van der Waals surface area contributed by atoms with Gasteiger partial charge in [-0.15, -0.1) is 0 Å². The highest BCUT2D eigenvalue weighted by Gasteiger charge is 2.50. The average Bonchev–Trinajstić information content (AvgIpc) is 2.88. The Morgan fingerprint density at radius 1 is 0.528 bits per heavy atom. The van der Waals surface area contributed by atoms with Gasteiger partial charge in [0.2, 0.25) is 0 Å². The first-order valence-electron chi connectivity index (χ1n) is 13.9. The highest BCUT2D eigenvalue weighted by Crippen LogP contribution is 2.30. The molecule has 2 fully saturated rings. The van der Waals surface area contributed by atoms with E-state index in [-0.39, 0.29) is 0 Å². The Morgan fingerprint density at radius 3 is 1.56 bits per heavy atom. The molecule has 2 aliphatic rings. The van der Waals surface area contributed by atoms with E-state index in [1.54, 1.807) is 0 Å².